The van der Waals surface area contributed by atoms with Crippen molar-refractivity contribution in [2.45, 2.75) is 18.9 Å². The summed E-state index contributed by atoms with van der Waals surface area (Å²) < 4.78 is 5.60. The first kappa shape index (κ1) is 18.5. The molecule has 0 radical (unpaired) electrons. The molecule has 1 N–H and O–H groups in total. The molecule has 2 aliphatic rings. The molecule has 8 nitrogen and oxygen atoms in total. The van der Waals surface area contributed by atoms with E-state index in [2.05, 4.69) is 30.3 Å². The highest BCUT2D eigenvalue weighted by Gasteiger charge is 2.24. The van der Waals surface area contributed by atoms with Crippen LogP contribution in [0, 0.1) is 0 Å². The van der Waals surface area contributed by atoms with Gasteiger partial charge in [-0.15, -0.1) is 10.2 Å². The number of carbonyl (C=O) groups is 1. The van der Waals surface area contributed by atoms with Crippen LogP contribution in [0.25, 0.3) is 0 Å². The number of rotatable bonds is 5. The van der Waals surface area contributed by atoms with Crippen molar-refractivity contribution >= 4 is 39.8 Å². The maximum atomic E-state index is 12.3. The molecule has 144 valence electrons. The van der Waals surface area contributed by atoms with Crippen LogP contribution < -0.4 is 10.2 Å². The number of carbonyl (C=O) groups excluding carboxylic acids is 1. The van der Waals surface area contributed by atoms with Gasteiger partial charge >= 0.3 is 0 Å². The maximum Gasteiger partial charge on any atom is 0.240 e. The van der Waals surface area contributed by atoms with Crippen molar-refractivity contribution < 1.29 is 9.53 Å². The summed E-state index contributed by atoms with van der Waals surface area (Å²) in [4.78, 5) is 20.9. The van der Waals surface area contributed by atoms with E-state index in [9.17, 15) is 4.79 Å². The van der Waals surface area contributed by atoms with E-state index in [0.29, 0.717) is 16.7 Å². The van der Waals surface area contributed by atoms with E-state index in [-0.39, 0.29) is 12.0 Å². The molecule has 10 heteroatoms. The minimum Gasteiger partial charge on any atom is -0.371 e. The topological polar surface area (TPSA) is 83.5 Å². The van der Waals surface area contributed by atoms with Gasteiger partial charge in [-0.1, -0.05) is 22.9 Å². The summed E-state index contributed by atoms with van der Waals surface area (Å²) in [6, 6.07) is 3.67. The zero-order valence-electron chi connectivity index (χ0n) is 14.8. The number of ether oxygens (including phenoxy) is 1. The second kappa shape index (κ2) is 8.47. The van der Waals surface area contributed by atoms with Gasteiger partial charge in [0.2, 0.25) is 11.0 Å². The highest BCUT2D eigenvalue weighted by Crippen LogP contribution is 2.31. The minimum absolute atomic E-state index is 0.0275. The van der Waals surface area contributed by atoms with E-state index >= 15 is 0 Å². The Kier molecular flexibility index (Phi) is 5.82. The molecular weight excluding hydrogens is 388 g/mol. The number of halogens is 1. The quantitative estimate of drug-likeness (QED) is 0.811. The van der Waals surface area contributed by atoms with Gasteiger partial charge in [0, 0.05) is 39.0 Å². The van der Waals surface area contributed by atoms with Crippen molar-refractivity contribution in [2.75, 3.05) is 49.5 Å². The molecule has 2 aromatic heterocycles. The van der Waals surface area contributed by atoms with Crippen LogP contribution >= 0.6 is 22.9 Å². The van der Waals surface area contributed by atoms with Gasteiger partial charge in [0.1, 0.15) is 16.9 Å². The van der Waals surface area contributed by atoms with Gasteiger partial charge in [-0.25, -0.2) is 4.98 Å². The molecule has 27 heavy (non-hydrogen) atoms. The SMILES string of the molecule is O=C(CN1CCN(c2ncccc2Cl)CC1)Nc1nnc(C2CCCO2)s1. The summed E-state index contributed by atoms with van der Waals surface area (Å²) in [6.45, 7) is 4.22. The largest absolute Gasteiger partial charge is 0.371 e. The van der Waals surface area contributed by atoms with Crippen LogP contribution in [-0.2, 0) is 9.53 Å². The second-order valence-corrected chi connectivity index (χ2v) is 7.98. The fraction of sp³-hybridized carbons (Fsp3) is 0.529. The van der Waals surface area contributed by atoms with Gasteiger partial charge in [-0.05, 0) is 25.0 Å². The molecule has 1 atom stereocenters. The average Bonchev–Trinajstić information content (AvgIpc) is 3.34. The van der Waals surface area contributed by atoms with Gasteiger partial charge < -0.3 is 9.64 Å². The van der Waals surface area contributed by atoms with E-state index in [1.807, 2.05) is 12.1 Å². The van der Waals surface area contributed by atoms with Gasteiger partial charge in [-0.2, -0.15) is 0 Å². The fourth-order valence-electron chi connectivity index (χ4n) is 3.28. The molecule has 2 fully saturated rings. The van der Waals surface area contributed by atoms with E-state index in [1.54, 1.807) is 6.20 Å². The predicted octanol–water partition coefficient (Wildman–Crippen LogP) is 2.20. The van der Waals surface area contributed by atoms with Crippen molar-refractivity contribution in [3.8, 4) is 0 Å². The Morgan fingerprint density at radius 3 is 2.93 bits per heavy atom. The zero-order chi connectivity index (χ0) is 18.6. The Balaban J connectivity index is 1.25. The number of nitrogens with zero attached hydrogens (tertiary/aromatic N) is 5. The molecule has 0 saturated carbocycles. The summed E-state index contributed by atoms with van der Waals surface area (Å²) in [5, 5.41) is 13.1. The summed E-state index contributed by atoms with van der Waals surface area (Å²) in [5.41, 5.74) is 0. The molecule has 2 aliphatic heterocycles. The molecule has 0 bridgehead atoms. The average molecular weight is 409 g/mol. The number of amides is 1. The van der Waals surface area contributed by atoms with Gasteiger partial charge in [-0.3, -0.25) is 15.0 Å². The fourth-order valence-corrected chi connectivity index (χ4v) is 4.36. The van der Waals surface area contributed by atoms with Crippen LogP contribution in [0.3, 0.4) is 0 Å². The Morgan fingerprint density at radius 2 is 2.19 bits per heavy atom. The molecule has 4 heterocycles. The third kappa shape index (κ3) is 4.55. The van der Waals surface area contributed by atoms with E-state index in [1.165, 1.54) is 11.3 Å². The first-order valence-corrected chi connectivity index (χ1v) is 10.2. The molecule has 2 aromatic rings. The Bertz CT molecular complexity index is 789. The normalized spacial score (nSPS) is 20.8. The minimum atomic E-state index is -0.0747. The molecule has 0 spiro atoms. The van der Waals surface area contributed by atoms with E-state index in [0.717, 1.165) is 56.5 Å². The lowest BCUT2D eigenvalue weighted by Crippen LogP contribution is -2.49. The number of pyridine rings is 1. The number of hydrogen-bond donors (Lipinski definition) is 1. The highest BCUT2D eigenvalue weighted by atomic mass is 35.5. The number of nitrogens with one attached hydrogen (secondary N) is 1. The van der Waals surface area contributed by atoms with Gasteiger partial charge in [0.15, 0.2) is 0 Å². The van der Waals surface area contributed by atoms with E-state index in [4.69, 9.17) is 16.3 Å². The standard InChI is InChI=1S/C17H21ClN6O2S/c18-12-3-1-5-19-15(12)24-8-6-23(7-9-24)11-14(25)20-17-22-21-16(27-17)13-4-2-10-26-13/h1,3,5,13H,2,4,6-11H2,(H,20,22,25). The summed E-state index contributed by atoms with van der Waals surface area (Å²) in [5.74, 6) is 0.730. The Morgan fingerprint density at radius 1 is 1.33 bits per heavy atom. The Hall–Kier alpha value is -1.81. The summed E-state index contributed by atoms with van der Waals surface area (Å²) in [6.07, 6.45) is 3.78. The lowest BCUT2D eigenvalue weighted by Gasteiger charge is -2.35. The number of hydrogen-bond acceptors (Lipinski definition) is 8. The monoisotopic (exact) mass is 408 g/mol. The van der Waals surface area contributed by atoms with Crippen LogP contribution in [0.5, 0.6) is 0 Å². The third-order valence-electron chi connectivity index (χ3n) is 4.67. The molecule has 2 saturated heterocycles. The van der Waals surface area contributed by atoms with Crippen molar-refractivity contribution in [3.63, 3.8) is 0 Å². The first-order valence-electron chi connectivity index (χ1n) is 9.02. The first-order chi connectivity index (χ1) is 13.2. The second-order valence-electron chi connectivity index (χ2n) is 6.57. The van der Waals surface area contributed by atoms with Crippen molar-refractivity contribution in [1.29, 1.82) is 0 Å². The zero-order valence-corrected chi connectivity index (χ0v) is 16.4. The summed E-state index contributed by atoms with van der Waals surface area (Å²) in [7, 11) is 0. The van der Waals surface area contributed by atoms with Crippen LogP contribution in [0.15, 0.2) is 18.3 Å². The molecule has 1 amide bonds. The van der Waals surface area contributed by atoms with Gasteiger partial charge in [0.25, 0.3) is 0 Å². The van der Waals surface area contributed by atoms with E-state index < -0.39 is 0 Å². The molecular formula is C17H21ClN6O2S. The van der Waals surface area contributed by atoms with Crippen molar-refractivity contribution in [1.82, 2.24) is 20.1 Å². The molecule has 1 unspecified atom stereocenters. The van der Waals surface area contributed by atoms with Crippen LogP contribution in [-0.4, -0.2) is 65.3 Å². The van der Waals surface area contributed by atoms with Crippen molar-refractivity contribution in [2.24, 2.45) is 0 Å². The highest BCUT2D eigenvalue weighted by molar-refractivity contribution is 7.15. The smallest absolute Gasteiger partial charge is 0.240 e. The maximum absolute atomic E-state index is 12.3. The third-order valence-corrected chi connectivity index (χ3v) is 5.90. The predicted molar refractivity (Wildman–Crippen MR) is 104 cm³/mol. The number of anilines is 2. The Labute approximate surface area is 166 Å². The molecule has 4 rings (SSSR count). The molecule has 0 aliphatic carbocycles. The molecule has 0 aromatic carbocycles. The van der Waals surface area contributed by atoms with Crippen molar-refractivity contribution in [3.05, 3.63) is 28.4 Å². The van der Waals surface area contributed by atoms with Gasteiger partial charge in [0.05, 0.1) is 11.6 Å². The lowest BCUT2D eigenvalue weighted by molar-refractivity contribution is -0.117. The van der Waals surface area contributed by atoms with Crippen LogP contribution in [0.4, 0.5) is 10.9 Å². The number of piperazine rings is 1. The number of aromatic nitrogens is 3. The lowest BCUT2D eigenvalue weighted by atomic mass is 10.2. The summed E-state index contributed by atoms with van der Waals surface area (Å²) >= 11 is 7.61. The van der Waals surface area contributed by atoms with Crippen LogP contribution in [0.2, 0.25) is 5.02 Å². The van der Waals surface area contributed by atoms with Crippen LogP contribution in [0.1, 0.15) is 24.0 Å².